The number of epoxide rings is 1. The summed E-state index contributed by atoms with van der Waals surface area (Å²) in [4.78, 5) is 10.7. The molecule has 0 bridgehead atoms. The van der Waals surface area contributed by atoms with Crippen LogP contribution in [0.4, 0.5) is 0 Å². The number of aldehydes is 1. The van der Waals surface area contributed by atoms with Crippen molar-refractivity contribution in [3.63, 3.8) is 0 Å². The molecule has 0 radical (unpaired) electrons. The van der Waals surface area contributed by atoms with Gasteiger partial charge in [0.05, 0.1) is 17.2 Å². The van der Waals surface area contributed by atoms with Crippen LogP contribution in [-0.4, -0.2) is 25.6 Å². The molecule has 0 spiro atoms. The Morgan fingerprint density at radius 2 is 2.43 bits per heavy atom. The molecule has 1 heterocycles. The molecule has 0 aliphatic carbocycles. The lowest BCUT2D eigenvalue weighted by Gasteiger charge is -2.08. The number of ether oxygens (including phenoxy) is 2. The fourth-order valence-electron chi connectivity index (χ4n) is 1.11. The van der Waals surface area contributed by atoms with Gasteiger partial charge < -0.3 is 9.47 Å². The van der Waals surface area contributed by atoms with Gasteiger partial charge in [-0.3, -0.25) is 4.79 Å². The van der Waals surface area contributed by atoms with Crippen LogP contribution in [0.1, 0.15) is 10.4 Å². The molecule has 14 heavy (non-hydrogen) atoms. The molecule has 1 aromatic carbocycles. The van der Waals surface area contributed by atoms with E-state index in [0.29, 0.717) is 22.9 Å². The van der Waals surface area contributed by atoms with Crippen molar-refractivity contribution in [2.75, 3.05) is 13.2 Å². The average Bonchev–Trinajstić information content (AvgIpc) is 2.99. The van der Waals surface area contributed by atoms with Crippen LogP contribution in [0, 0.1) is 0 Å². The molecule has 0 aromatic heterocycles. The lowest BCUT2D eigenvalue weighted by atomic mass is 10.2. The normalized spacial score (nSPS) is 19.1. The lowest BCUT2D eigenvalue weighted by molar-refractivity contribution is 0.111. The zero-order valence-corrected chi connectivity index (χ0v) is 8.16. The lowest BCUT2D eigenvalue weighted by Crippen LogP contribution is -2.06. The second-order valence-electron chi connectivity index (χ2n) is 3.04. The molecule has 1 saturated heterocycles. The monoisotopic (exact) mass is 212 g/mol. The van der Waals surface area contributed by atoms with Crippen molar-refractivity contribution in [2.45, 2.75) is 6.10 Å². The number of hydrogen-bond acceptors (Lipinski definition) is 3. The molecule has 1 aliphatic heterocycles. The van der Waals surface area contributed by atoms with E-state index in [2.05, 4.69) is 0 Å². The van der Waals surface area contributed by atoms with Crippen LogP contribution >= 0.6 is 11.6 Å². The summed E-state index contributed by atoms with van der Waals surface area (Å²) in [6.07, 6.45) is 0.889. The van der Waals surface area contributed by atoms with Crippen LogP contribution in [0.3, 0.4) is 0 Å². The second-order valence-corrected chi connectivity index (χ2v) is 3.45. The first kappa shape index (κ1) is 9.49. The first-order valence-corrected chi connectivity index (χ1v) is 4.67. The standard InChI is InChI=1S/C10H9ClO3/c11-9-3-1-2-7(4-12)10(9)14-6-8-5-13-8/h1-4,8H,5-6H2. The highest BCUT2D eigenvalue weighted by Crippen LogP contribution is 2.28. The number of benzene rings is 1. The van der Waals surface area contributed by atoms with Crippen molar-refractivity contribution >= 4 is 17.9 Å². The summed E-state index contributed by atoms with van der Waals surface area (Å²) >= 11 is 5.89. The maximum Gasteiger partial charge on any atom is 0.153 e. The van der Waals surface area contributed by atoms with E-state index in [1.807, 2.05) is 0 Å². The van der Waals surface area contributed by atoms with Gasteiger partial charge in [0.2, 0.25) is 0 Å². The minimum Gasteiger partial charge on any atom is -0.488 e. The molecule has 4 heteroatoms. The SMILES string of the molecule is O=Cc1cccc(Cl)c1OCC1CO1. The van der Waals surface area contributed by atoms with Crippen LogP contribution in [-0.2, 0) is 4.74 Å². The predicted molar refractivity (Wildman–Crippen MR) is 52.1 cm³/mol. The van der Waals surface area contributed by atoms with Crippen LogP contribution in [0.25, 0.3) is 0 Å². The summed E-state index contributed by atoms with van der Waals surface area (Å²) in [6, 6.07) is 5.08. The third kappa shape index (κ3) is 2.05. The number of halogens is 1. The second kappa shape index (κ2) is 3.98. The third-order valence-corrected chi connectivity index (χ3v) is 2.24. The van der Waals surface area contributed by atoms with Crippen molar-refractivity contribution in [1.29, 1.82) is 0 Å². The number of carbonyl (C=O) groups excluding carboxylic acids is 1. The van der Waals surface area contributed by atoms with Gasteiger partial charge in [-0.2, -0.15) is 0 Å². The molecular formula is C10H9ClO3. The van der Waals surface area contributed by atoms with Gasteiger partial charge in [0.1, 0.15) is 18.5 Å². The largest absolute Gasteiger partial charge is 0.488 e. The van der Waals surface area contributed by atoms with Crippen molar-refractivity contribution in [2.24, 2.45) is 0 Å². The summed E-state index contributed by atoms with van der Waals surface area (Å²) in [5.74, 6) is 0.444. The third-order valence-electron chi connectivity index (χ3n) is 1.94. The predicted octanol–water partition coefficient (Wildman–Crippen LogP) is 1.93. The zero-order valence-electron chi connectivity index (χ0n) is 7.40. The Balaban J connectivity index is 2.15. The Morgan fingerprint density at radius 1 is 1.64 bits per heavy atom. The molecule has 0 saturated carbocycles. The number of para-hydroxylation sites is 1. The first-order valence-electron chi connectivity index (χ1n) is 4.29. The van der Waals surface area contributed by atoms with Gasteiger partial charge in [-0.1, -0.05) is 17.7 Å². The quantitative estimate of drug-likeness (QED) is 0.566. The topological polar surface area (TPSA) is 38.8 Å². The minimum atomic E-state index is 0.158. The summed E-state index contributed by atoms with van der Waals surface area (Å²) in [5.41, 5.74) is 0.471. The molecule has 3 nitrogen and oxygen atoms in total. The highest BCUT2D eigenvalue weighted by atomic mass is 35.5. The summed E-state index contributed by atoms with van der Waals surface area (Å²) < 4.78 is 10.4. The van der Waals surface area contributed by atoms with E-state index in [-0.39, 0.29) is 6.10 Å². The highest BCUT2D eigenvalue weighted by molar-refractivity contribution is 6.32. The highest BCUT2D eigenvalue weighted by Gasteiger charge is 2.24. The van der Waals surface area contributed by atoms with Crippen molar-refractivity contribution in [1.82, 2.24) is 0 Å². The Bertz CT molecular complexity index is 347. The van der Waals surface area contributed by atoms with E-state index in [1.54, 1.807) is 18.2 Å². The van der Waals surface area contributed by atoms with E-state index in [1.165, 1.54) is 0 Å². The van der Waals surface area contributed by atoms with Gasteiger partial charge >= 0.3 is 0 Å². The Labute approximate surface area is 86.6 Å². The summed E-state index contributed by atoms with van der Waals surface area (Å²) in [5, 5.41) is 0.454. The maximum atomic E-state index is 10.7. The molecule has 74 valence electrons. The molecule has 1 aromatic rings. The number of carbonyl (C=O) groups is 1. The van der Waals surface area contributed by atoms with E-state index in [4.69, 9.17) is 21.1 Å². The van der Waals surface area contributed by atoms with Gasteiger partial charge in [0.15, 0.2) is 6.29 Å². The smallest absolute Gasteiger partial charge is 0.153 e. The summed E-state index contributed by atoms with van der Waals surface area (Å²) in [7, 11) is 0. The van der Waals surface area contributed by atoms with Gasteiger partial charge in [0.25, 0.3) is 0 Å². The zero-order chi connectivity index (χ0) is 9.97. The first-order chi connectivity index (χ1) is 6.81. The van der Waals surface area contributed by atoms with Gasteiger partial charge in [-0.15, -0.1) is 0 Å². The van der Waals surface area contributed by atoms with Crippen molar-refractivity contribution < 1.29 is 14.3 Å². The van der Waals surface area contributed by atoms with Gasteiger partial charge in [-0.25, -0.2) is 0 Å². The molecule has 1 fully saturated rings. The molecular weight excluding hydrogens is 204 g/mol. The van der Waals surface area contributed by atoms with E-state index >= 15 is 0 Å². The Hall–Kier alpha value is -1.06. The minimum absolute atomic E-state index is 0.158. The summed E-state index contributed by atoms with van der Waals surface area (Å²) in [6.45, 7) is 1.17. The number of rotatable bonds is 4. The van der Waals surface area contributed by atoms with Crippen LogP contribution in [0.5, 0.6) is 5.75 Å². The van der Waals surface area contributed by atoms with Crippen molar-refractivity contribution in [3.05, 3.63) is 28.8 Å². The molecule has 0 N–H and O–H groups in total. The maximum absolute atomic E-state index is 10.7. The average molecular weight is 213 g/mol. The van der Waals surface area contributed by atoms with E-state index in [9.17, 15) is 4.79 Å². The fraction of sp³-hybridized carbons (Fsp3) is 0.300. The van der Waals surface area contributed by atoms with Gasteiger partial charge in [0, 0.05) is 0 Å². The molecule has 1 atom stereocenters. The van der Waals surface area contributed by atoms with Crippen LogP contribution in [0.15, 0.2) is 18.2 Å². The van der Waals surface area contributed by atoms with Gasteiger partial charge in [-0.05, 0) is 12.1 Å². The molecule has 0 amide bonds. The molecule has 1 unspecified atom stereocenters. The van der Waals surface area contributed by atoms with E-state index in [0.717, 1.165) is 12.9 Å². The number of hydrogen-bond donors (Lipinski definition) is 0. The Morgan fingerprint density at radius 3 is 3.07 bits per heavy atom. The molecule has 2 rings (SSSR count). The van der Waals surface area contributed by atoms with Crippen LogP contribution in [0.2, 0.25) is 5.02 Å². The molecule has 1 aliphatic rings. The van der Waals surface area contributed by atoms with E-state index < -0.39 is 0 Å². The van der Waals surface area contributed by atoms with Crippen molar-refractivity contribution in [3.8, 4) is 5.75 Å². The fourth-order valence-corrected chi connectivity index (χ4v) is 1.35. The Kier molecular flexibility index (Phi) is 2.70. The van der Waals surface area contributed by atoms with Crippen LogP contribution < -0.4 is 4.74 Å².